The Morgan fingerprint density at radius 3 is 2.75 bits per heavy atom. The fraction of sp³-hybridized carbons (Fsp3) is 0.400. The summed E-state index contributed by atoms with van der Waals surface area (Å²) in [6, 6.07) is 3.71. The molecule has 1 aromatic rings. The van der Waals surface area contributed by atoms with Gasteiger partial charge in [0.2, 0.25) is 0 Å². The highest BCUT2D eigenvalue weighted by Gasteiger charge is 2.10. The zero-order valence-corrected chi connectivity index (χ0v) is 7.63. The van der Waals surface area contributed by atoms with E-state index in [1.807, 2.05) is 19.1 Å². The van der Waals surface area contributed by atoms with Crippen LogP contribution in [0.15, 0.2) is 28.7 Å². The predicted octanol–water partition coefficient (Wildman–Crippen LogP) is 2.42. The standard InChI is InChI=1S/C10H15NO/c1-4-8-5-6-9(12-8)10(11)7(2)3/h5-6,10H,2,4,11H2,1,3H3. The summed E-state index contributed by atoms with van der Waals surface area (Å²) >= 11 is 0. The van der Waals surface area contributed by atoms with Crippen LogP contribution in [0, 0.1) is 0 Å². The molecule has 0 amide bonds. The Morgan fingerprint density at radius 1 is 1.67 bits per heavy atom. The van der Waals surface area contributed by atoms with Crippen molar-refractivity contribution in [2.75, 3.05) is 0 Å². The van der Waals surface area contributed by atoms with Gasteiger partial charge in [-0.15, -0.1) is 0 Å². The van der Waals surface area contributed by atoms with Crippen molar-refractivity contribution in [3.63, 3.8) is 0 Å². The minimum Gasteiger partial charge on any atom is -0.464 e. The van der Waals surface area contributed by atoms with Gasteiger partial charge in [-0.05, 0) is 19.1 Å². The number of hydrogen-bond acceptors (Lipinski definition) is 2. The Kier molecular flexibility index (Phi) is 2.71. The van der Waals surface area contributed by atoms with Crippen molar-refractivity contribution >= 4 is 0 Å². The smallest absolute Gasteiger partial charge is 0.125 e. The zero-order chi connectivity index (χ0) is 9.14. The summed E-state index contributed by atoms with van der Waals surface area (Å²) in [6.45, 7) is 7.73. The van der Waals surface area contributed by atoms with Crippen LogP contribution in [0.4, 0.5) is 0 Å². The average molecular weight is 165 g/mol. The van der Waals surface area contributed by atoms with Gasteiger partial charge in [0.05, 0.1) is 6.04 Å². The highest BCUT2D eigenvalue weighted by Crippen LogP contribution is 2.19. The highest BCUT2D eigenvalue weighted by atomic mass is 16.3. The summed E-state index contributed by atoms with van der Waals surface area (Å²) in [7, 11) is 0. The van der Waals surface area contributed by atoms with Gasteiger partial charge in [0.25, 0.3) is 0 Å². The maximum absolute atomic E-state index is 5.81. The minimum absolute atomic E-state index is 0.162. The minimum atomic E-state index is -0.162. The lowest BCUT2D eigenvalue weighted by molar-refractivity contribution is 0.452. The van der Waals surface area contributed by atoms with Crippen LogP contribution in [0.3, 0.4) is 0 Å². The van der Waals surface area contributed by atoms with Gasteiger partial charge in [0, 0.05) is 6.42 Å². The van der Waals surface area contributed by atoms with Crippen molar-refractivity contribution in [2.24, 2.45) is 5.73 Å². The van der Waals surface area contributed by atoms with Crippen molar-refractivity contribution in [1.29, 1.82) is 0 Å². The molecule has 1 rings (SSSR count). The molecule has 2 N–H and O–H groups in total. The SMILES string of the molecule is C=C(C)C(N)c1ccc(CC)o1. The van der Waals surface area contributed by atoms with Crippen LogP contribution in [-0.2, 0) is 6.42 Å². The number of nitrogens with two attached hydrogens (primary N) is 1. The molecule has 0 saturated heterocycles. The van der Waals surface area contributed by atoms with Crippen molar-refractivity contribution in [3.05, 3.63) is 35.8 Å². The number of hydrogen-bond donors (Lipinski definition) is 1. The van der Waals surface area contributed by atoms with Crippen LogP contribution in [-0.4, -0.2) is 0 Å². The van der Waals surface area contributed by atoms with Crippen LogP contribution < -0.4 is 5.73 Å². The summed E-state index contributed by atoms with van der Waals surface area (Å²) in [5, 5.41) is 0. The van der Waals surface area contributed by atoms with Crippen molar-refractivity contribution in [3.8, 4) is 0 Å². The van der Waals surface area contributed by atoms with Crippen LogP contribution in [0.1, 0.15) is 31.4 Å². The first-order valence-corrected chi connectivity index (χ1v) is 4.14. The van der Waals surface area contributed by atoms with E-state index in [9.17, 15) is 0 Å². The number of aryl methyl sites for hydroxylation is 1. The van der Waals surface area contributed by atoms with E-state index in [1.165, 1.54) is 0 Å². The molecule has 0 saturated carbocycles. The first kappa shape index (κ1) is 9.07. The molecular weight excluding hydrogens is 150 g/mol. The van der Waals surface area contributed by atoms with Gasteiger partial charge in [-0.25, -0.2) is 0 Å². The average Bonchev–Trinajstić information content (AvgIpc) is 2.50. The van der Waals surface area contributed by atoms with Crippen LogP contribution in [0.2, 0.25) is 0 Å². The van der Waals surface area contributed by atoms with E-state index in [-0.39, 0.29) is 6.04 Å². The van der Waals surface area contributed by atoms with E-state index in [1.54, 1.807) is 0 Å². The first-order valence-electron chi connectivity index (χ1n) is 4.14. The molecule has 1 unspecified atom stereocenters. The Bertz CT molecular complexity index is 275. The number of rotatable bonds is 3. The van der Waals surface area contributed by atoms with Crippen LogP contribution in [0.5, 0.6) is 0 Å². The molecular formula is C10H15NO. The third-order valence-corrected chi connectivity index (χ3v) is 1.87. The van der Waals surface area contributed by atoms with Gasteiger partial charge in [0.1, 0.15) is 11.5 Å². The summed E-state index contributed by atoms with van der Waals surface area (Å²) < 4.78 is 5.47. The van der Waals surface area contributed by atoms with Crippen LogP contribution in [0.25, 0.3) is 0 Å². The molecule has 0 radical (unpaired) electrons. The maximum Gasteiger partial charge on any atom is 0.125 e. The Labute approximate surface area is 73.1 Å². The fourth-order valence-electron chi connectivity index (χ4n) is 0.995. The highest BCUT2D eigenvalue weighted by molar-refractivity contribution is 5.18. The van der Waals surface area contributed by atoms with E-state index in [0.29, 0.717) is 0 Å². The van der Waals surface area contributed by atoms with Gasteiger partial charge in [0.15, 0.2) is 0 Å². The van der Waals surface area contributed by atoms with E-state index in [2.05, 4.69) is 13.5 Å². The molecule has 1 heterocycles. The lowest BCUT2D eigenvalue weighted by Gasteiger charge is -2.06. The van der Waals surface area contributed by atoms with Crippen LogP contribution >= 0.6 is 0 Å². The van der Waals surface area contributed by atoms with Gasteiger partial charge < -0.3 is 10.2 Å². The second-order valence-corrected chi connectivity index (χ2v) is 2.98. The molecule has 0 aromatic carbocycles. The third-order valence-electron chi connectivity index (χ3n) is 1.87. The van der Waals surface area contributed by atoms with E-state index in [4.69, 9.17) is 10.2 Å². The second kappa shape index (κ2) is 3.59. The zero-order valence-electron chi connectivity index (χ0n) is 7.63. The van der Waals surface area contributed by atoms with E-state index >= 15 is 0 Å². The number of furan rings is 1. The molecule has 1 aromatic heterocycles. The van der Waals surface area contributed by atoms with E-state index in [0.717, 1.165) is 23.5 Å². The molecule has 0 fully saturated rings. The lowest BCUT2D eigenvalue weighted by Crippen LogP contribution is -2.09. The summed E-state index contributed by atoms with van der Waals surface area (Å²) in [5.74, 6) is 1.78. The molecule has 0 aliphatic rings. The monoisotopic (exact) mass is 165 g/mol. The van der Waals surface area contributed by atoms with E-state index < -0.39 is 0 Å². The van der Waals surface area contributed by atoms with Gasteiger partial charge in [-0.3, -0.25) is 0 Å². The summed E-state index contributed by atoms with van der Waals surface area (Å²) in [5.41, 5.74) is 6.74. The third kappa shape index (κ3) is 1.77. The molecule has 0 spiro atoms. The summed E-state index contributed by atoms with van der Waals surface area (Å²) in [4.78, 5) is 0. The van der Waals surface area contributed by atoms with Crippen molar-refractivity contribution in [1.82, 2.24) is 0 Å². The molecule has 66 valence electrons. The Hall–Kier alpha value is -1.02. The molecule has 2 heteroatoms. The molecule has 1 atom stereocenters. The van der Waals surface area contributed by atoms with Gasteiger partial charge in [-0.2, -0.15) is 0 Å². The molecule has 0 aliphatic heterocycles. The Morgan fingerprint density at radius 2 is 2.33 bits per heavy atom. The van der Waals surface area contributed by atoms with Gasteiger partial charge in [-0.1, -0.05) is 19.1 Å². The van der Waals surface area contributed by atoms with Crippen molar-refractivity contribution in [2.45, 2.75) is 26.3 Å². The molecule has 12 heavy (non-hydrogen) atoms. The predicted molar refractivity (Wildman–Crippen MR) is 49.8 cm³/mol. The molecule has 2 nitrogen and oxygen atoms in total. The first-order chi connectivity index (χ1) is 5.65. The second-order valence-electron chi connectivity index (χ2n) is 2.98. The van der Waals surface area contributed by atoms with Crippen molar-refractivity contribution < 1.29 is 4.42 Å². The molecule has 0 aliphatic carbocycles. The normalized spacial score (nSPS) is 12.9. The molecule has 0 bridgehead atoms. The quantitative estimate of drug-likeness (QED) is 0.698. The lowest BCUT2D eigenvalue weighted by atomic mass is 10.1. The Balaban J connectivity index is 2.81. The maximum atomic E-state index is 5.81. The largest absolute Gasteiger partial charge is 0.464 e. The fourth-order valence-corrected chi connectivity index (χ4v) is 0.995. The van der Waals surface area contributed by atoms with Gasteiger partial charge >= 0.3 is 0 Å². The topological polar surface area (TPSA) is 39.2 Å². The summed E-state index contributed by atoms with van der Waals surface area (Å²) in [6.07, 6.45) is 0.906.